The van der Waals surface area contributed by atoms with E-state index in [1.165, 1.54) is 0 Å². The van der Waals surface area contributed by atoms with Gasteiger partial charge in [0.2, 0.25) is 0 Å². The van der Waals surface area contributed by atoms with E-state index in [-0.39, 0.29) is 5.75 Å². The number of hydrogen-bond donors (Lipinski definition) is 2. The molecule has 0 unspecified atom stereocenters. The number of phenols is 1. The van der Waals surface area contributed by atoms with Gasteiger partial charge in [0.25, 0.3) is 0 Å². The maximum atomic E-state index is 9.46. The monoisotopic (exact) mass is 307 g/mol. The number of thiazole rings is 1. The molecule has 0 fully saturated rings. The highest BCUT2D eigenvalue weighted by Crippen LogP contribution is 2.26. The van der Waals surface area contributed by atoms with E-state index in [1.807, 2.05) is 43.5 Å². The average Bonchev–Trinajstić information content (AvgIpc) is 2.94. The number of hydrogen-bond acceptors (Lipinski definition) is 4. The van der Waals surface area contributed by atoms with Gasteiger partial charge in [0.1, 0.15) is 10.8 Å². The van der Waals surface area contributed by atoms with E-state index in [0.717, 1.165) is 26.5 Å². The van der Waals surface area contributed by atoms with Crippen molar-refractivity contribution in [3.05, 3.63) is 65.2 Å². The minimum atomic E-state index is 0.275. The molecule has 110 valence electrons. The summed E-state index contributed by atoms with van der Waals surface area (Å²) < 4.78 is 0.992. The van der Waals surface area contributed by atoms with Crippen molar-refractivity contribution in [3.63, 3.8) is 0 Å². The lowest BCUT2D eigenvalue weighted by atomic mass is 10.2. The quantitative estimate of drug-likeness (QED) is 0.682. The summed E-state index contributed by atoms with van der Waals surface area (Å²) in [6, 6.07) is 13.4. The summed E-state index contributed by atoms with van der Waals surface area (Å²) in [5, 5.41) is 13.5. The van der Waals surface area contributed by atoms with Gasteiger partial charge in [-0.25, -0.2) is 4.98 Å². The van der Waals surface area contributed by atoms with Gasteiger partial charge in [-0.05, 0) is 42.0 Å². The predicted molar refractivity (Wildman–Crippen MR) is 95.3 cm³/mol. The van der Waals surface area contributed by atoms with Gasteiger partial charge in [0.05, 0.1) is 10.2 Å². The van der Waals surface area contributed by atoms with Crippen LogP contribution in [0.3, 0.4) is 0 Å². The molecular formula is C18H16N2OS. The van der Waals surface area contributed by atoms with Gasteiger partial charge >= 0.3 is 0 Å². The lowest BCUT2D eigenvalue weighted by Gasteiger charge is -1.98. The van der Waals surface area contributed by atoms with E-state index in [4.69, 9.17) is 0 Å². The van der Waals surface area contributed by atoms with E-state index in [1.54, 1.807) is 23.5 Å². The number of allylic oxidation sites excluding steroid dienone is 2. The third-order valence-corrected chi connectivity index (χ3v) is 4.21. The molecule has 0 amide bonds. The molecule has 4 heteroatoms. The zero-order chi connectivity index (χ0) is 15.4. The first-order valence-corrected chi connectivity index (χ1v) is 7.78. The Labute approximate surface area is 133 Å². The van der Waals surface area contributed by atoms with Gasteiger partial charge in [0.15, 0.2) is 0 Å². The predicted octanol–water partition coefficient (Wildman–Crippen LogP) is 4.77. The summed E-state index contributed by atoms with van der Waals surface area (Å²) in [6.45, 7) is 0. The number of nitrogens with one attached hydrogen (secondary N) is 1. The number of phenolic OH excluding ortho intramolecular Hbond substituents is 1. The van der Waals surface area contributed by atoms with Crippen molar-refractivity contribution in [2.45, 2.75) is 0 Å². The molecule has 3 nitrogen and oxygen atoms in total. The molecule has 0 radical (unpaired) electrons. The van der Waals surface area contributed by atoms with Crippen LogP contribution in [0.5, 0.6) is 5.75 Å². The van der Waals surface area contributed by atoms with Gasteiger partial charge < -0.3 is 10.4 Å². The van der Waals surface area contributed by atoms with Crippen LogP contribution in [0.4, 0.5) is 5.69 Å². The standard InChI is InChI=1S/C18H16N2OS/c1-19-14-8-6-13(7-9-14)4-2-3-5-18-20-16-11-10-15(21)12-17(16)22-18/h2-12,19,21H,1H3/i1-1. The summed E-state index contributed by atoms with van der Waals surface area (Å²) in [5.74, 6) is 0.275. The van der Waals surface area contributed by atoms with Crippen LogP contribution >= 0.6 is 11.3 Å². The molecular weight excluding hydrogens is 291 g/mol. The lowest BCUT2D eigenvalue weighted by molar-refractivity contribution is 0.476. The van der Waals surface area contributed by atoms with Crippen LogP contribution in [0, 0.1) is 0 Å². The fourth-order valence-corrected chi connectivity index (χ4v) is 2.98. The fraction of sp³-hybridized carbons (Fsp3) is 0.0556. The van der Waals surface area contributed by atoms with Gasteiger partial charge in [0, 0.05) is 12.7 Å². The summed E-state index contributed by atoms with van der Waals surface area (Å²) in [7, 11) is 1.91. The SMILES string of the molecule is [11CH3]Nc1ccc(C=CC=Cc2nc3ccc(O)cc3s2)cc1. The third kappa shape index (κ3) is 3.35. The number of benzene rings is 2. The number of anilines is 1. The van der Waals surface area contributed by atoms with Crippen LogP contribution in [0.25, 0.3) is 22.4 Å². The van der Waals surface area contributed by atoms with Crippen molar-refractivity contribution in [2.24, 2.45) is 0 Å². The second kappa shape index (κ2) is 6.45. The lowest BCUT2D eigenvalue weighted by Crippen LogP contribution is -1.86. The van der Waals surface area contributed by atoms with Crippen molar-refractivity contribution in [3.8, 4) is 5.75 Å². The molecule has 0 spiro atoms. The van der Waals surface area contributed by atoms with Crippen molar-refractivity contribution >= 4 is 39.4 Å². The highest BCUT2D eigenvalue weighted by atomic mass is 32.1. The van der Waals surface area contributed by atoms with E-state index >= 15 is 0 Å². The molecule has 3 aromatic rings. The van der Waals surface area contributed by atoms with E-state index in [0.29, 0.717) is 0 Å². The third-order valence-electron chi connectivity index (χ3n) is 3.23. The van der Waals surface area contributed by atoms with E-state index < -0.39 is 0 Å². The molecule has 0 aliphatic rings. The molecule has 0 atom stereocenters. The number of fused-ring (bicyclic) bond motifs is 1. The van der Waals surface area contributed by atoms with Crippen LogP contribution in [-0.2, 0) is 0 Å². The summed E-state index contributed by atoms with van der Waals surface area (Å²) in [4.78, 5) is 4.50. The Morgan fingerprint density at radius 3 is 2.59 bits per heavy atom. The second-order valence-electron chi connectivity index (χ2n) is 4.79. The van der Waals surface area contributed by atoms with Crippen molar-refractivity contribution in [2.75, 3.05) is 12.4 Å². The van der Waals surface area contributed by atoms with Gasteiger partial charge in [-0.2, -0.15) is 0 Å². The summed E-state index contributed by atoms with van der Waals surface area (Å²) in [5.41, 5.74) is 3.16. The second-order valence-corrected chi connectivity index (χ2v) is 5.86. The molecule has 0 saturated carbocycles. The fourth-order valence-electron chi connectivity index (χ4n) is 2.07. The topological polar surface area (TPSA) is 45.2 Å². The Bertz CT molecular complexity index is 832. The number of nitrogens with zero attached hydrogens (tertiary/aromatic N) is 1. The highest BCUT2D eigenvalue weighted by molar-refractivity contribution is 7.19. The van der Waals surface area contributed by atoms with Crippen molar-refractivity contribution in [1.29, 1.82) is 0 Å². The average molecular weight is 307 g/mol. The molecule has 3 rings (SSSR count). The Morgan fingerprint density at radius 2 is 1.82 bits per heavy atom. The summed E-state index contributed by atoms with van der Waals surface area (Å²) in [6.07, 6.45) is 8.00. The molecule has 2 N–H and O–H groups in total. The van der Waals surface area contributed by atoms with Crippen LogP contribution in [0.2, 0.25) is 0 Å². The Morgan fingerprint density at radius 1 is 1.05 bits per heavy atom. The minimum Gasteiger partial charge on any atom is -0.508 e. The maximum Gasteiger partial charge on any atom is 0.117 e. The zero-order valence-corrected chi connectivity index (χ0v) is 13.0. The van der Waals surface area contributed by atoms with E-state index in [9.17, 15) is 5.11 Å². The number of aromatic hydroxyl groups is 1. The Hall–Kier alpha value is -2.59. The molecule has 0 saturated heterocycles. The van der Waals surface area contributed by atoms with Crippen LogP contribution in [0.1, 0.15) is 10.6 Å². The van der Waals surface area contributed by atoms with Gasteiger partial charge in [-0.15, -0.1) is 11.3 Å². The maximum absolute atomic E-state index is 9.46. The molecule has 1 heterocycles. The van der Waals surface area contributed by atoms with Crippen LogP contribution in [-0.4, -0.2) is 17.1 Å². The van der Waals surface area contributed by atoms with Gasteiger partial charge in [-0.3, -0.25) is 0 Å². The Balaban J connectivity index is 1.70. The molecule has 22 heavy (non-hydrogen) atoms. The molecule has 1 aromatic heterocycles. The normalized spacial score (nSPS) is 11.7. The number of rotatable bonds is 4. The minimum absolute atomic E-state index is 0.275. The highest BCUT2D eigenvalue weighted by Gasteiger charge is 2.01. The first-order chi connectivity index (χ1) is 10.7. The van der Waals surface area contributed by atoms with Crippen LogP contribution in [0.15, 0.2) is 54.6 Å². The molecule has 0 aliphatic carbocycles. The zero-order valence-electron chi connectivity index (χ0n) is 12.2. The van der Waals surface area contributed by atoms with Gasteiger partial charge in [-0.1, -0.05) is 30.4 Å². The number of aromatic nitrogens is 1. The van der Waals surface area contributed by atoms with Crippen molar-refractivity contribution in [1.82, 2.24) is 4.98 Å². The first-order valence-electron chi connectivity index (χ1n) is 6.97. The van der Waals surface area contributed by atoms with Crippen LogP contribution < -0.4 is 5.32 Å². The van der Waals surface area contributed by atoms with Crippen molar-refractivity contribution < 1.29 is 5.11 Å². The molecule has 0 bridgehead atoms. The largest absolute Gasteiger partial charge is 0.508 e. The molecule has 0 aliphatic heterocycles. The Kier molecular flexibility index (Phi) is 4.21. The first kappa shape index (κ1) is 14.4. The summed E-state index contributed by atoms with van der Waals surface area (Å²) >= 11 is 1.56. The molecule has 2 aromatic carbocycles. The smallest absolute Gasteiger partial charge is 0.117 e. The van der Waals surface area contributed by atoms with E-state index in [2.05, 4.69) is 28.5 Å².